The summed E-state index contributed by atoms with van der Waals surface area (Å²) >= 11 is 12.0. The minimum atomic E-state index is -0.603. The first-order valence-electron chi connectivity index (χ1n) is 9.16. The molecule has 0 bridgehead atoms. The highest BCUT2D eigenvalue weighted by Gasteiger charge is 2.20. The second-order valence-electron chi connectivity index (χ2n) is 7.73. The van der Waals surface area contributed by atoms with Crippen molar-refractivity contribution >= 4 is 35.2 Å². The van der Waals surface area contributed by atoms with E-state index in [-0.39, 0.29) is 36.0 Å². The van der Waals surface area contributed by atoms with Crippen molar-refractivity contribution in [2.75, 3.05) is 7.05 Å². The van der Waals surface area contributed by atoms with E-state index in [0.717, 1.165) is 11.1 Å². The van der Waals surface area contributed by atoms with Gasteiger partial charge in [-0.3, -0.25) is 9.59 Å². The van der Waals surface area contributed by atoms with Crippen LogP contribution in [0, 0.1) is 0 Å². The molecular weight excluding hydrogens is 431 g/mol. The fourth-order valence-electron chi connectivity index (χ4n) is 2.56. The van der Waals surface area contributed by atoms with Gasteiger partial charge in [-0.15, -0.1) is 0 Å². The Kier molecular flexibility index (Phi) is 7.86. The molecule has 0 unspecified atom stereocenters. The van der Waals surface area contributed by atoms with Crippen molar-refractivity contribution in [1.82, 2.24) is 20.4 Å². The number of hydrogen-bond donors (Lipinski definition) is 2. The maximum atomic E-state index is 12.3. The summed E-state index contributed by atoms with van der Waals surface area (Å²) in [6, 6.07) is 5.21. The minimum absolute atomic E-state index is 0.122. The molecule has 0 fully saturated rings. The molecule has 2 aromatic rings. The van der Waals surface area contributed by atoms with Gasteiger partial charge in [0.15, 0.2) is 0 Å². The lowest BCUT2D eigenvalue weighted by atomic mass is 10.1. The Morgan fingerprint density at radius 2 is 1.93 bits per heavy atom. The Bertz CT molecular complexity index is 986. The molecule has 1 heterocycles. The van der Waals surface area contributed by atoms with Gasteiger partial charge in [0, 0.05) is 30.7 Å². The largest absolute Gasteiger partial charge is 0.444 e. The number of amides is 2. The van der Waals surface area contributed by atoms with Crippen LogP contribution in [0.15, 0.2) is 29.2 Å². The molecule has 0 aliphatic carbocycles. The van der Waals surface area contributed by atoms with E-state index in [1.807, 2.05) is 0 Å². The van der Waals surface area contributed by atoms with Gasteiger partial charge in [0.1, 0.15) is 5.60 Å². The van der Waals surface area contributed by atoms with Gasteiger partial charge in [0.05, 0.1) is 17.6 Å². The molecule has 0 saturated heterocycles. The smallest absolute Gasteiger partial charge is 0.410 e. The van der Waals surface area contributed by atoms with Gasteiger partial charge in [0.25, 0.3) is 5.56 Å². The van der Waals surface area contributed by atoms with Crippen LogP contribution in [-0.4, -0.2) is 39.7 Å². The minimum Gasteiger partial charge on any atom is -0.444 e. The summed E-state index contributed by atoms with van der Waals surface area (Å²) in [6.45, 7) is 5.82. The molecule has 0 atom stereocenters. The molecule has 1 aromatic heterocycles. The highest BCUT2D eigenvalue weighted by molar-refractivity contribution is 6.31. The molecule has 0 aliphatic heterocycles. The molecule has 8 nitrogen and oxygen atoms in total. The van der Waals surface area contributed by atoms with Crippen LogP contribution >= 0.6 is 23.2 Å². The molecule has 0 aliphatic rings. The number of halogens is 2. The first kappa shape index (κ1) is 23.7. The molecule has 30 heavy (non-hydrogen) atoms. The Balaban J connectivity index is 2.07. The van der Waals surface area contributed by atoms with Gasteiger partial charge in [-0.1, -0.05) is 29.3 Å². The van der Waals surface area contributed by atoms with Crippen LogP contribution in [0.4, 0.5) is 4.79 Å². The predicted molar refractivity (Wildman–Crippen MR) is 115 cm³/mol. The SMILES string of the molecule is CN(Cc1ccc(Cl)cc1CNC(=O)Cc1c(Cl)cn[nH]c1=O)C(=O)OC(C)(C)C. The number of nitrogens with one attached hydrogen (secondary N) is 2. The van der Waals surface area contributed by atoms with Crippen LogP contribution in [0.5, 0.6) is 0 Å². The Labute approximate surface area is 184 Å². The molecule has 1 aromatic carbocycles. The van der Waals surface area contributed by atoms with Crippen molar-refractivity contribution in [2.45, 2.75) is 45.9 Å². The molecule has 2 amide bonds. The molecule has 162 valence electrons. The molecule has 0 radical (unpaired) electrons. The average Bonchev–Trinajstić information content (AvgIpc) is 2.63. The van der Waals surface area contributed by atoms with E-state index >= 15 is 0 Å². The highest BCUT2D eigenvalue weighted by Crippen LogP contribution is 2.19. The van der Waals surface area contributed by atoms with E-state index in [4.69, 9.17) is 27.9 Å². The maximum absolute atomic E-state index is 12.3. The number of hydrogen-bond acceptors (Lipinski definition) is 5. The van der Waals surface area contributed by atoms with Crippen molar-refractivity contribution < 1.29 is 14.3 Å². The summed E-state index contributed by atoms with van der Waals surface area (Å²) in [5, 5.41) is 9.18. The zero-order valence-electron chi connectivity index (χ0n) is 17.2. The second-order valence-corrected chi connectivity index (χ2v) is 8.57. The van der Waals surface area contributed by atoms with E-state index < -0.39 is 17.3 Å². The first-order chi connectivity index (χ1) is 14.0. The number of aromatic nitrogens is 2. The normalized spacial score (nSPS) is 11.1. The number of benzene rings is 1. The van der Waals surface area contributed by atoms with Crippen LogP contribution in [0.2, 0.25) is 10.0 Å². The van der Waals surface area contributed by atoms with Crippen LogP contribution in [0.1, 0.15) is 37.5 Å². The Morgan fingerprint density at radius 1 is 1.23 bits per heavy atom. The zero-order valence-corrected chi connectivity index (χ0v) is 18.7. The van der Waals surface area contributed by atoms with Gasteiger partial charge in [-0.05, 0) is 44.0 Å². The summed E-state index contributed by atoms with van der Waals surface area (Å²) in [4.78, 5) is 37.8. The van der Waals surface area contributed by atoms with E-state index in [9.17, 15) is 14.4 Å². The standard InChI is InChI=1S/C20H24Cl2N4O4/c1-20(2,3)30-19(29)26(4)11-12-5-6-14(21)7-13(12)9-23-17(27)8-15-16(22)10-24-25-18(15)28/h5-7,10H,8-9,11H2,1-4H3,(H,23,27)(H,25,28). The van der Waals surface area contributed by atoms with Crippen molar-refractivity contribution in [2.24, 2.45) is 0 Å². The van der Waals surface area contributed by atoms with Gasteiger partial charge >= 0.3 is 6.09 Å². The van der Waals surface area contributed by atoms with Crippen molar-refractivity contribution in [3.05, 3.63) is 61.5 Å². The molecule has 0 saturated carbocycles. The Morgan fingerprint density at radius 3 is 2.57 bits per heavy atom. The zero-order chi connectivity index (χ0) is 22.5. The van der Waals surface area contributed by atoms with Crippen LogP contribution < -0.4 is 10.9 Å². The van der Waals surface area contributed by atoms with Gasteiger partial charge in [-0.25, -0.2) is 9.89 Å². The summed E-state index contributed by atoms with van der Waals surface area (Å²) < 4.78 is 5.36. The van der Waals surface area contributed by atoms with E-state index in [1.54, 1.807) is 46.0 Å². The van der Waals surface area contributed by atoms with Crippen molar-refractivity contribution in [1.29, 1.82) is 0 Å². The lowest BCUT2D eigenvalue weighted by Gasteiger charge is -2.25. The third-order valence-corrected chi connectivity index (χ3v) is 4.56. The quantitative estimate of drug-likeness (QED) is 0.696. The number of rotatable bonds is 6. The van der Waals surface area contributed by atoms with Crippen molar-refractivity contribution in [3.63, 3.8) is 0 Å². The number of ether oxygens (including phenoxy) is 1. The fraction of sp³-hybridized carbons (Fsp3) is 0.400. The number of H-pyrrole nitrogens is 1. The monoisotopic (exact) mass is 454 g/mol. The van der Waals surface area contributed by atoms with Gasteiger partial charge < -0.3 is 15.0 Å². The average molecular weight is 455 g/mol. The number of carbonyl (C=O) groups excluding carboxylic acids is 2. The van der Waals surface area contributed by atoms with Crippen LogP contribution in [0.25, 0.3) is 0 Å². The molecule has 0 spiro atoms. The van der Waals surface area contributed by atoms with Gasteiger partial charge in [0.2, 0.25) is 5.91 Å². The van der Waals surface area contributed by atoms with E-state index in [1.165, 1.54) is 11.1 Å². The highest BCUT2D eigenvalue weighted by atomic mass is 35.5. The molecule has 2 N–H and O–H groups in total. The fourth-order valence-corrected chi connectivity index (χ4v) is 2.95. The summed E-state index contributed by atoms with van der Waals surface area (Å²) in [5.74, 6) is -0.389. The predicted octanol–water partition coefficient (Wildman–Crippen LogP) is 3.30. The summed E-state index contributed by atoms with van der Waals surface area (Å²) in [6.07, 6.45) is 0.622. The number of aromatic amines is 1. The maximum Gasteiger partial charge on any atom is 0.410 e. The van der Waals surface area contributed by atoms with Crippen LogP contribution in [0.3, 0.4) is 0 Å². The third kappa shape index (κ3) is 7.03. The molecule has 10 heteroatoms. The Hall–Kier alpha value is -2.58. The van der Waals surface area contributed by atoms with E-state index in [2.05, 4.69) is 15.5 Å². The van der Waals surface area contributed by atoms with E-state index in [0.29, 0.717) is 5.02 Å². The topological polar surface area (TPSA) is 104 Å². The summed E-state index contributed by atoms with van der Waals surface area (Å²) in [5.41, 5.74) is 0.558. The lowest BCUT2D eigenvalue weighted by Crippen LogP contribution is -2.34. The molecule has 2 rings (SSSR count). The van der Waals surface area contributed by atoms with Gasteiger partial charge in [-0.2, -0.15) is 5.10 Å². The number of nitrogens with zero attached hydrogens (tertiary/aromatic N) is 2. The number of carbonyl (C=O) groups is 2. The van der Waals surface area contributed by atoms with Crippen LogP contribution in [-0.2, 0) is 29.0 Å². The second kappa shape index (κ2) is 9.95. The van der Waals surface area contributed by atoms with Crippen molar-refractivity contribution in [3.8, 4) is 0 Å². The lowest BCUT2D eigenvalue weighted by molar-refractivity contribution is -0.120. The molecular formula is C20H24Cl2N4O4. The first-order valence-corrected chi connectivity index (χ1v) is 9.92. The summed E-state index contributed by atoms with van der Waals surface area (Å²) in [7, 11) is 1.63. The third-order valence-electron chi connectivity index (χ3n) is 4.00.